The quantitative estimate of drug-likeness (QED) is 0.388. The molecule has 186 valence electrons. The first kappa shape index (κ1) is 27.8. The second-order valence-corrected chi connectivity index (χ2v) is 9.92. The first-order valence-corrected chi connectivity index (χ1v) is 12.7. The number of terminal acetylenes is 1. The Balaban J connectivity index is 2.40. The van der Waals surface area contributed by atoms with Gasteiger partial charge in [0, 0.05) is 11.7 Å². The highest BCUT2D eigenvalue weighted by molar-refractivity contribution is 7.98. The summed E-state index contributed by atoms with van der Waals surface area (Å²) in [5.74, 6) is -0.436. The highest BCUT2D eigenvalue weighted by Crippen LogP contribution is 2.25. The lowest BCUT2D eigenvalue weighted by Crippen LogP contribution is -2.51. The molecule has 2 aromatic rings. The van der Waals surface area contributed by atoms with E-state index in [0.717, 1.165) is 10.5 Å². The fourth-order valence-electron chi connectivity index (χ4n) is 3.34. The number of nitrogens with zero attached hydrogens (tertiary/aromatic N) is 1. The van der Waals surface area contributed by atoms with Crippen molar-refractivity contribution in [1.29, 1.82) is 0 Å². The molecular weight excluding hydrogens is 462 g/mol. The zero-order chi connectivity index (χ0) is 26.0. The second-order valence-electron chi connectivity index (χ2n) is 8.94. The maximum Gasteiger partial charge on any atom is 0.408 e. The molecule has 3 amide bonds. The number of carbonyl (C=O) groups excluding carboxylic acids is 3. The van der Waals surface area contributed by atoms with Gasteiger partial charge in [0.2, 0.25) is 0 Å². The Morgan fingerprint density at radius 2 is 1.71 bits per heavy atom. The summed E-state index contributed by atoms with van der Waals surface area (Å²) in [6.07, 6.45) is 7.29. The van der Waals surface area contributed by atoms with Crippen molar-refractivity contribution < 1.29 is 19.1 Å². The number of amides is 3. The topological polar surface area (TPSA) is 87.7 Å². The van der Waals surface area contributed by atoms with Crippen LogP contribution < -0.4 is 10.6 Å². The number of rotatable bonds is 9. The standard InChI is InChI=1S/C27H33N3O4S/c1-7-30(25(32)22(17-18-35-6)29-26(33)34-27(3,4)5)23(20-14-9-8-10-15-20)24(31)28-21-16-12-11-13-19(21)2/h1,8-16,22-23H,17-18H2,2-6H3,(H,28,31)(H,29,33). The number of carbonyl (C=O) groups is 3. The summed E-state index contributed by atoms with van der Waals surface area (Å²) in [6, 6.07) is 16.5. The van der Waals surface area contributed by atoms with Crippen molar-refractivity contribution in [3.63, 3.8) is 0 Å². The third-order valence-electron chi connectivity index (χ3n) is 5.00. The summed E-state index contributed by atoms with van der Waals surface area (Å²) in [7, 11) is 0. The van der Waals surface area contributed by atoms with Crippen LogP contribution in [0.5, 0.6) is 0 Å². The molecule has 2 atom stereocenters. The van der Waals surface area contributed by atoms with Gasteiger partial charge in [-0.3, -0.25) is 14.5 Å². The van der Waals surface area contributed by atoms with Gasteiger partial charge in [-0.1, -0.05) is 55.0 Å². The third-order valence-corrected chi connectivity index (χ3v) is 5.64. The minimum Gasteiger partial charge on any atom is -0.444 e. The Hall–Kier alpha value is -3.44. The van der Waals surface area contributed by atoms with Crippen molar-refractivity contribution in [3.8, 4) is 12.5 Å². The van der Waals surface area contributed by atoms with Crippen molar-refractivity contribution in [3.05, 3.63) is 65.7 Å². The van der Waals surface area contributed by atoms with Crippen LogP contribution in [0, 0.1) is 19.4 Å². The Morgan fingerprint density at radius 1 is 1.09 bits per heavy atom. The monoisotopic (exact) mass is 495 g/mol. The van der Waals surface area contributed by atoms with Gasteiger partial charge in [0.15, 0.2) is 0 Å². The van der Waals surface area contributed by atoms with Gasteiger partial charge in [-0.25, -0.2) is 4.79 Å². The summed E-state index contributed by atoms with van der Waals surface area (Å²) >= 11 is 1.53. The minimum absolute atomic E-state index is 0.318. The van der Waals surface area contributed by atoms with Crippen LogP contribution in [0.4, 0.5) is 10.5 Å². The molecule has 8 heteroatoms. The van der Waals surface area contributed by atoms with Gasteiger partial charge < -0.3 is 15.4 Å². The van der Waals surface area contributed by atoms with E-state index in [4.69, 9.17) is 11.2 Å². The number of benzene rings is 2. The maximum absolute atomic E-state index is 13.6. The zero-order valence-corrected chi connectivity index (χ0v) is 21.6. The Morgan fingerprint density at radius 3 is 2.29 bits per heavy atom. The van der Waals surface area contributed by atoms with Gasteiger partial charge in [-0.2, -0.15) is 11.8 Å². The van der Waals surface area contributed by atoms with Crippen molar-refractivity contribution in [1.82, 2.24) is 10.2 Å². The predicted octanol–water partition coefficient (Wildman–Crippen LogP) is 4.74. The number of ether oxygens (including phenoxy) is 1. The number of hydrogen-bond acceptors (Lipinski definition) is 5. The largest absolute Gasteiger partial charge is 0.444 e. The molecule has 0 heterocycles. The average Bonchev–Trinajstić information content (AvgIpc) is 2.80. The van der Waals surface area contributed by atoms with Crippen LogP contribution in [0.25, 0.3) is 0 Å². The molecule has 2 aromatic carbocycles. The van der Waals surface area contributed by atoms with Crippen LogP contribution in [0.1, 0.15) is 44.4 Å². The molecule has 0 aliphatic rings. The van der Waals surface area contributed by atoms with Crippen molar-refractivity contribution in [2.45, 2.75) is 51.8 Å². The number of aryl methyl sites for hydroxylation is 1. The fourth-order valence-corrected chi connectivity index (χ4v) is 3.81. The number of alkyl carbamates (subject to hydrolysis) is 1. The van der Waals surface area contributed by atoms with E-state index in [9.17, 15) is 14.4 Å². The molecule has 2 unspecified atom stereocenters. The Labute approximate surface area is 212 Å². The number of hydrogen-bond donors (Lipinski definition) is 2. The molecule has 2 rings (SSSR count). The maximum atomic E-state index is 13.6. The van der Waals surface area contributed by atoms with E-state index in [1.807, 2.05) is 37.4 Å². The highest BCUT2D eigenvalue weighted by atomic mass is 32.2. The lowest BCUT2D eigenvalue weighted by atomic mass is 10.0. The minimum atomic E-state index is -1.11. The molecular formula is C27H33N3O4S. The second kappa shape index (κ2) is 12.9. The molecule has 0 radical (unpaired) electrons. The molecule has 0 fully saturated rings. The highest BCUT2D eigenvalue weighted by Gasteiger charge is 2.35. The van der Waals surface area contributed by atoms with Crippen LogP contribution in [-0.4, -0.2) is 46.5 Å². The molecule has 0 saturated carbocycles. The molecule has 0 saturated heterocycles. The van der Waals surface area contributed by atoms with Gasteiger partial charge in [0.1, 0.15) is 17.7 Å². The van der Waals surface area contributed by atoms with E-state index < -0.39 is 35.6 Å². The molecule has 2 N–H and O–H groups in total. The number of nitrogens with one attached hydrogen (secondary N) is 2. The normalized spacial score (nSPS) is 12.6. The van der Waals surface area contributed by atoms with Crippen molar-refractivity contribution >= 4 is 35.4 Å². The molecule has 0 aromatic heterocycles. The van der Waals surface area contributed by atoms with Crippen LogP contribution in [0.2, 0.25) is 0 Å². The predicted molar refractivity (Wildman–Crippen MR) is 141 cm³/mol. The fraction of sp³-hybridized carbons (Fsp3) is 0.370. The van der Waals surface area contributed by atoms with Crippen molar-refractivity contribution in [2.24, 2.45) is 0 Å². The Bertz CT molecular complexity index is 1060. The van der Waals surface area contributed by atoms with Gasteiger partial charge in [0.05, 0.1) is 0 Å². The van der Waals surface area contributed by atoms with E-state index >= 15 is 0 Å². The summed E-state index contributed by atoms with van der Waals surface area (Å²) in [6.45, 7) is 7.08. The molecule has 0 aliphatic heterocycles. The number of para-hydroxylation sites is 1. The SMILES string of the molecule is C#CN(C(=O)C(CCSC)NC(=O)OC(C)(C)C)C(C(=O)Nc1ccccc1C)c1ccccc1. The van der Waals surface area contributed by atoms with E-state index in [-0.39, 0.29) is 0 Å². The molecule has 0 aliphatic carbocycles. The summed E-state index contributed by atoms with van der Waals surface area (Å²) in [5.41, 5.74) is 1.30. The van der Waals surface area contributed by atoms with E-state index in [0.29, 0.717) is 23.4 Å². The summed E-state index contributed by atoms with van der Waals surface area (Å²) in [4.78, 5) is 40.6. The Kier molecular flexibility index (Phi) is 10.2. The van der Waals surface area contributed by atoms with Crippen LogP contribution in [0.15, 0.2) is 54.6 Å². The molecule has 0 spiro atoms. The van der Waals surface area contributed by atoms with Gasteiger partial charge in [-0.05, 0) is 63.3 Å². The number of thioether (sulfide) groups is 1. The van der Waals surface area contributed by atoms with Crippen LogP contribution in [0.3, 0.4) is 0 Å². The summed E-state index contributed by atoms with van der Waals surface area (Å²) < 4.78 is 5.34. The van der Waals surface area contributed by atoms with Gasteiger partial charge >= 0.3 is 6.09 Å². The smallest absolute Gasteiger partial charge is 0.408 e. The first-order chi connectivity index (χ1) is 16.6. The first-order valence-electron chi connectivity index (χ1n) is 11.3. The van der Waals surface area contributed by atoms with Crippen molar-refractivity contribution in [2.75, 3.05) is 17.3 Å². The zero-order valence-electron chi connectivity index (χ0n) is 20.8. The number of anilines is 1. The van der Waals surface area contributed by atoms with Crippen LogP contribution >= 0.6 is 11.8 Å². The lowest BCUT2D eigenvalue weighted by Gasteiger charge is -2.30. The third kappa shape index (κ3) is 8.37. The molecule has 0 bridgehead atoms. The van der Waals surface area contributed by atoms with E-state index in [2.05, 4.69) is 16.7 Å². The van der Waals surface area contributed by atoms with E-state index in [1.165, 1.54) is 11.8 Å². The van der Waals surface area contributed by atoms with Gasteiger partial charge in [0.25, 0.3) is 11.8 Å². The van der Waals surface area contributed by atoms with E-state index in [1.54, 1.807) is 51.1 Å². The summed E-state index contributed by atoms with van der Waals surface area (Å²) in [5, 5.41) is 5.52. The lowest BCUT2D eigenvalue weighted by molar-refractivity contribution is -0.136. The molecule has 7 nitrogen and oxygen atoms in total. The van der Waals surface area contributed by atoms with Crippen LogP contribution in [-0.2, 0) is 14.3 Å². The average molecular weight is 496 g/mol. The molecule has 35 heavy (non-hydrogen) atoms. The van der Waals surface area contributed by atoms with Gasteiger partial charge in [-0.15, -0.1) is 0 Å².